The molecule has 1 atom stereocenters. The van der Waals surface area contributed by atoms with E-state index in [-0.39, 0.29) is 48.5 Å². The molecule has 0 aromatic carbocycles. The van der Waals surface area contributed by atoms with Crippen molar-refractivity contribution >= 4 is 41.9 Å². The van der Waals surface area contributed by atoms with Crippen molar-refractivity contribution in [1.29, 1.82) is 0 Å². The van der Waals surface area contributed by atoms with E-state index < -0.39 is 12.0 Å². The maximum absolute atomic E-state index is 12.5. The molecule has 2 saturated heterocycles. The lowest BCUT2D eigenvalue weighted by Crippen LogP contribution is -2.49. The van der Waals surface area contributed by atoms with Gasteiger partial charge in [-0.1, -0.05) is 6.92 Å². The normalized spacial score (nSPS) is 23.5. The van der Waals surface area contributed by atoms with Gasteiger partial charge >= 0.3 is 6.03 Å². The molecule has 2 aliphatic rings. The van der Waals surface area contributed by atoms with Gasteiger partial charge in [0.2, 0.25) is 0 Å². The second-order valence-corrected chi connectivity index (χ2v) is 7.80. The average Bonchev–Trinajstić information content (AvgIpc) is 2.89. The van der Waals surface area contributed by atoms with Crippen LogP contribution in [-0.4, -0.2) is 85.0 Å². The van der Waals surface area contributed by atoms with Gasteiger partial charge in [0.15, 0.2) is 5.96 Å². The van der Waals surface area contributed by atoms with Crippen molar-refractivity contribution in [3.8, 4) is 0 Å². The molecule has 11 heteroatoms. The molecule has 3 N–H and O–H groups in total. The lowest BCUT2D eigenvalue weighted by molar-refractivity contribution is -0.130. The summed E-state index contributed by atoms with van der Waals surface area (Å²) in [5, 5.41) is 9.30. The van der Waals surface area contributed by atoms with Crippen LogP contribution < -0.4 is 16.0 Å². The Bertz CT molecular complexity index is 602. The zero-order valence-electron chi connectivity index (χ0n) is 18.0. The Hall–Kier alpha value is -1.24. The van der Waals surface area contributed by atoms with Gasteiger partial charge in [0.05, 0.1) is 6.54 Å². The molecular formula is C19H35F2IN6O2. The number of carbonyl (C=O) groups is 2. The zero-order chi connectivity index (χ0) is 21.4. The third kappa shape index (κ3) is 7.47. The monoisotopic (exact) mass is 544 g/mol. The van der Waals surface area contributed by atoms with Gasteiger partial charge in [-0.25, -0.2) is 13.6 Å². The van der Waals surface area contributed by atoms with Crippen LogP contribution in [0.4, 0.5) is 13.6 Å². The Balaban J connectivity index is 0.00000450. The van der Waals surface area contributed by atoms with Crippen molar-refractivity contribution in [1.82, 2.24) is 25.8 Å². The first-order valence-electron chi connectivity index (χ1n) is 10.5. The summed E-state index contributed by atoms with van der Waals surface area (Å²) in [5.41, 5.74) is -0.810. The summed E-state index contributed by atoms with van der Waals surface area (Å²) in [6, 6.07) is -0.151. The fraction of sp³-hybridized carbons (Fsp3) is 0.842. The largest absolute Gasteiger partial charge is 0.357 e. The molecule has 0 aromatic rings. The van der Waals surface area contributed by atoms with E-state index in [2.05, 4.69) is 20.9 Å². The summed E-state index contributed by atoms with van der Waals surface area (Å²) in [7, 11) is 0. The van der Waals surface area contributed by atoms with Gasteiger partial charge in [-0.15, -0.1) is 24.0 Å². The SMILES string of the molecule is CCNC(=NCCCN1C(=O)NC(C)(CC)C1=O)NC1CCN(CC(F)F)CC1.I. The van der Waals surface area contributed by atoms with Gasteiger partial charge in [0.1, 0.15) is 5.54 Å². The van der Waals surface area contributed by atoms with E-state index in [1.807, 2.05) is 13.8 Å². The number of halogens is 3. The number of imide groups is 1. The minimum Gasteiger partial charge on any atom is -0.357 e. The van der Waals surface area contributed by atoms with Crippen LogP contribution in [0.25, 0.3) is 0 Å². The van der Waals surface area contributed by atoms with Crippen LogP contribution in [0.1, 0.15) is 46.5 Å². The molecule has 1 unspecified atom stereocenters. The number of hydrogen-bond donors (Lipinski definition) is 3. The average molecular weight is 544 g/mol. The third-order valence-corrected chi connectivity index (χ3v) is 5.53. The lowest BCUT2D eigenvalue weighted by atomic mass is 9.99. The molecule has 30 heavy (non-hydrogen) atoms. The second-order valence-electron chi connectivity index (χ2n) is 7.80. The van der Waals surface area contributed by atoms with Gasteiger partial charge in [0.25, 0.3) is 12.3 Å². The maximum atomic E-state index is 12.5. The molecule has 2 fully saturated rings. The number of amides is 3. The summed E-state index contributed by atoms with van der Waals surface area (Å²) in [5.74, 6) is 0.491. The topological polar surface area (TPSA) is 89.1 Å². The van der Waals surface area contributed by atoms with E-state index >= 15 is 0 Å². The Labute approximate surface area is 194 Å². The molecule has 0 aliphatic carbocycles. The van der Waals surface area contributed by atoms with Crippen molar-refractivity contribution in [3.63, 3.8) is 0 Å². The number of urea groups is 1. The van der Waals surface area contributed by atoms with E-state index in [0.29, 0.717) is 51.5 Å². The Morgan fingerprint density at radius 2 is 1.97 bits per heavy atom. The van der Waals surface area contributed by atoms with Crippen molar-refractivity contribution in [2.24, 2.45) is 4.99 Å². The summed E-state index contributed by atoms with van der Waals surface area (Å²) < 4.78 is 25.0. The van der Waals surface area contributed by atoms with Crippen LogP contribution in [0.15, 0.2) is 4.99 Å². The van der Waals surface area contributed by atoms with Crippen LogP contribution >= 0.6 is 24.0 Å². The molecule has 174 valence electrons. The number of nitrogens with one attached hydrogen (secondary N) is 3. The number of aliphatic imine (C=N–C) groups is 1. The molecule has 0 aromatic heterocycles. The zero-order valence-corrected chi connectivity index (χ0v) is 20.4. The molecule has 0 bridgehead atoms. The summed E-state index contributed by atoms with van der Waals surface area (Å²) in [6.45, 7) is 8.21. The molecule has 2 heterocycles. The number of rotatable bonds is 9. The number of alkyl halides is 2. The predicted octanol–water partition coefficient (Wildman–Crippen LogP) is 2.00. The van der Waals surface area contributed by atoms with Gasteiger partial charge < -0.3 is 16.0 Å². The van der Waals surface area contributed by atoms with Crippen LogP contribution in [0.5, 0.6) is 0 Å². The van der Waals surface area contributed by atoms with Gasteiger partial charge in [0, 0.05) is 38.8 Å². The van der Waals surface area contributed by atoms with E-state index in [4.69, 9.17) is 0 Å². The number of likely N-dealkylation sites (tertiary alicyclic amines) is 1. The highest BCUT2D eigenvalue weighted by Crippen LogP contribution is 2.20. The van der Waals surface area contributed by atoms with Crippen LogP contribution in [-0.2, 0) is 4.79 Å². The van der Waals surface area contributed by atoms with E-state index in [9.17, 15) is 18.4 Å². The number of guanidine groups is 1. The highest BCUT2D eigenvalue weighted by Gasteiger charge is 2.45. The molecule has 2 rings (SSSR count). The van der Waals surface area contributed by atoms with Crippen molar-refractivity contribution in [3.05, 3.63) is 0 Å². The molecule has 2 aliphatic heterocycles. The first kappa shape index (κ1) is 26.8. The van der Waals surface area contributed by atoms with Gasteiger partial charge in [-0.3, -0.25) is 19.6 Å². The van der Waals surface area contributed by atoms with Crippen LogP contribution in [0.2, 0.25) is 0 Å². The van der Waals surface area contributed by atoms with Crippen molar-refractivity contribution in [2.45, 2.75) is 64.5 Å². The lowest BCUT2D eigenvalue weighted by Gasteiger charge is -2.32. The summed E-state index contributed by atoms with van der Waals surface area (Å²) >= 11 is 0. The minimum atomic E-state index is -2.29. The van der Waals surface area contributed by atoms with Gasteiger partial charge in [-0.05, 0) is 39.5 Å². The summed E-state index contributed by atoms with van der Waals surface area (Å²) in [6.07, 6.45) is 0.405. The predicted molar refractivity (Wildman–Crippen MR) is 124 cm³/mol. The van der Waals surface area contributed by atoms with E-state index in [1.165, 1.54) is 4.90 Å². The second kappa shape index (κ2) is 12.6. The van der Waals surface area contributed by atoms with Crippen molar-refractivity contribution in [2.75, 3.05) is 39.3 Å². The number of piperidine rings is 1. The highest BCUT2D eigenvalue weighted by molar-refractivity contribution is 14.0. The van der Waals surface area contributed by atoms with Crippen LogP contribution in [0, 0.1) is 0 Å². The Kier molecular flexibility index (Phi) is 11.2. The minimum absolute atomic E-state index is 0. The quantitative estimate of drug-likeness (QED) is 0.136. The standard InChI is InChI=1S/C19H34F2N6O2.HI/c1-4-19(3)16(28)27(18(29)25-19)10-6-9-23-17(22-5-2)24-14-7-11-26(12-8-14)13-15(20)21;/h14-15H,4-13H2,1-3H3,(H,25,29)(H2,22,23,24);1H. The Morgan fingerprint density at radius 3 is 2.50 bits per heavy atom. The summed E-state index contributed by atoms with van der Waals surface area (Å²) in [4.78, 5) is 32.0. The Morgan fingerprint density at radius 1 is 1.30 bits per heavy atom. The van der Waals surface area contributed by atoms with E-state index in [1.54, 1.807) is 11.8 Å². The molecular weight excluding hydrogens is 509 g/mol. The molecule has 3 amide bonds. The van der Waals surface area contributed by atoms with Crippen LogP contribution in [0.3, 0.4) is 0 Å². The van der Waals surface area contributed by atoms with Crippen molar-refractivity contribution < 1.29 is 18.4 Å². The fourth-order valence-corrected chi connectivity index (χ4v) is 3.58. The highest BCUT2D eigenvalue weighted by atomic mass is 127. The smallest absolute Gasteiger partial charge is 0.325 e. The number of nitrogens with zero attached hydrogens (tertiary/aromatic N) is 3. The van der Waals surface area contributed by atoms with Gasteiger partial charge in [-0.2, -0.15) is 0 Å². The van der Waals surface area contributed by atoms with E-state index in [0.717, 1.165) is 12.8 Å². The molecule has 0 spiro atoms. The fourth-order valence-electron chi connectivity index (χ4n) is 3.58. The first-order chi connectivity index (χ1) is 13.8. The first-order valence-corrected chi connectivity index (χ1v) is 10.5. The molecule has 0 saturated carbocycles. The molecule has 0 radical (unpaired) electrons. The number of carbonyl (C=O) groups excluding carboxylic acids is 2. The molecule has 8 nitrogen and oxygen atoms in total. The maximum Gasteiger partial charge on any atom is 0.325 e. The third-order valence-electron chi connectivity index (χ3n) is 5.53. The number of hydrogen-bond acceptors (Lipinski definition) is 4.